The summed E-state index contributed by atoms with van der Waals surface area (Å²) in [6.45, 7) is 15.9. The molecule has 0 bridgehead atoms. The monoisotopic (exact) mass is 713 g/mol. The van der Waals surface area contributed by atoms with Gasteiger partial charge in [0.25, 0.3) is 0 Å². The number of nitrogens with zero attached hydrogens (tertiary/aromatic N) is 6. The van der Waals surface area contributed by atoms with Gasteiger partial charge in [-0.2, -0.15) is 0 Å². The van der Waals surface area contributed by atoms with Gasteiger partial charge in [0.2, 0.25) is 17.7 Å². The third kappa shape index (κ3) is 24.1. The molecule has 0 aromatic carbocycles. The van der Waals surface area contributed by atoms with Gasteiger partial charge >= 0.3 is 0 Å². The Morgan fingerprint density at radius 1 is 0.580 bits per heavy atom. The van der Waals surface area contributed by atoms with Crippen LogP contribution in [0, 0.1) is 11.3 Å². The van der Waals surface area contributed by atoms with Crippen molar-refractivity contribution in [1.82, 2.24) is 45.3 Å². The van der Waals surface area contributed by atoms with Crippen LogP contribution in [0.1, 0.15) is 52.9 Å². The molecule has 0 aliphatic heterocycles. The number of amides is 3. The third-order valence-corrected chi connectivity index (χ3v) is 9.08. The van der Waals surface area contributed by atoms with E-state index >= 15 is 0 Å². The van der Waals surface area contributed by atoms with Gasteiger partial charge in [-0.05, 0) is 69.2 Å². The molecule has 14 nitrogen and oxygen atoms in total. The molecule has 0 aromatic rings. The molecule has 0 spiro atoms. The van der Waals surface area contributed by atoms with E-state index in [-0.39, 0.29) is 42.8 Å². The van der Waals surface area contributed by atoms with Crippen molar-refractivity contribution in [2.75, 3.05) is 141 Å². The summed E-state index contributed by atoms with van der Waals surface area (Å²) in [5.41, 5.74) is 5.22. The highest BCUT2D eigenvalue weighted by Gasteiger charge is 2.36. The highest BCUT2D eigenvalue weighted by molar-refractivity contribution is 5.92. The molecule has 0 aromatic heterocycles. The van der Waals surface area contributed by atoms with Gasteiger partial charge in [0.1, 0.15) is 5.78 Å². The first-order valence-corrected chi connectivity index (χ1v) is 18.5. The number of nitrogens with one attached hydrogen (secondary N) is 3. The maximum Gasteiger partial charge on any atom is 0.237 e. The number of hydrogen-bond donors (Lipinski definition) is 4. The van der Waals surface area contributed by atoms with Gasteiger partial charge in [-0.25, -0.2) is 0 Å². The minimum absolute atomic E-state index is 0.0167. The Bertz CT molecular complexity index is 965. The summed E-state index contributed by atoms with van der Waals surface area (Å²) in [5, 5.41) is 8.76. The molecule has 0 heterocycles. The van der Waals surface area contributed by atoms with Crippen LogP contribution in [0.25, 0.3) is 0 Å². The number of unbranched alkanes of at least 4 members (excludes halogenated alkanes) is 1. The molecular formula is C36H76N10O4. The average Bonchev–Trinajstić information content (AvgIpc) is 3.03. The molecule has 0 rings (SSSR count). The van der Waals surface area contributed by atoms with Crippen LogP contribution in [0.5, 0.6) is 0 Å². The predicted molar refractivity (Wildman–Crippen MR) is 205 cm³/mol. The highest BCUT2D eigenvalue weighted by Crippen LogP contribution is 2.30. The summed E-state index contributed by atoms with van der Waals surface area (Å²) in [7, 11) is 16.5. The summed E-state index contributed by atoms with van der Waals surface area (Å²) in [6.07, 6.45) is 1.78. The summed E-state index contributed by atoms with van der Waals surface area (Å²) in [5.74, 6) is -1.72. The van der Waals surface area contributed by atoms with E-state index in [1.165, 1.54) is 0 Å². The van der Waals surface area contributed by atoms with Crippen molar-refractivity contribution >= 4 is 23.5 Å². The predicted octanol–water partition coefficient (Wildman–Crippen LogP) is -0.305. The maximum absolute atomic E-state index is 13.4. The van der Waals surface area contributed by atoms with Crippen LogP contribution >= 0.6 is 0 Å². The van der Waals surface area contributed by atoms with Crippen LogP contribution < -0.4 is 21.7 Å². The van der Waals surface area contributed by atoms with E-state index in [0.29, 0.717) is 32.7 Å². The fourth-order valence-corrected chi connectivity index (χ4v) is 5.14. The SMILES string of the molecule is CCCCNC(=O)C(CC(=O)NCCN(C)CCN(C)CCN(C)C)CC(C)(C)C(=O)CC(N)C(=O)NCCN(C)CCN(C)CCN(C)C. The number of nitrogens with two attached hydrogens (primary N) is 1. The minimum atomic E-state index is -0.992. The molecule has 50 heavy (non-hydrogen) atoms. The van der Waals surface area contributed by atoms with Crippen molar-refractivity contribution in [2.24, 2.45) is 17.1 Å². The third-order valence-electron chi connectivity index (χ3n) is 9.08. The first-order valence-electron chi connectivity index (χ1n) is 18.5. The van der Waals surface area contributed by atoms with E-state index in [2.05, 4.69) is 87.6 Å². The molecule has 2 unspecified atom stereocenters. The Morgan fingerprint density at radius 2 is 1.00 bits per heavy atom. The van der Waals surface area contributed by atoms with Crippen molar-refractivity contribution in [3.8, 4) is 0 Å². The van der Waals surface area contributed by atoms with Crippen LogP contribution in [0.3, 0.4) is 0 Å². The molecular weight excluding hydrogens is 636 g/mol. The van der Waals surface area contributed by atoms with Crippen LogP contribution in [0.15, 0.2) is 0 Å². The zero-order valence-electron chi connectivity index (χ0n) is 33.8. The molecule has 0 aliphatic carbocycles. The van der Waals surface area contributed by atoms with Crippen molar-refractivity contribution in [3.63, 3.8) is 0 Å². The lowest BCUT2D eigenvalue weighted by molar-refractivity contribution is -0.135. The summed E-state index contributed by atoms with van der Waals surface area (Å²) >= 11 is 0. The van der Waals surface area contributed by atoms with Gasteiger partial charge in [-0.3, -0.25) is 19.2 Å². The van der Waals surface area contributed by atoms with Gasteiger partial charge in [0.15, 0.2) is 0 Å². The first-order chi connectivity index (χ1) is 23.4. The van der Waals surface area contributed by atoms with Crippen molar-refractivity contribution in [2.45, 2.75) is 58.9 Å². The second-order valence-corrected chi connectivity index (χ2v) is 15.3. The Kier molecular flexibility index (Phi) is 25.4. The Labute approximate surface area is 305 Å². The van der Waals surface area contributed by atoms with Crippen LogP contribution in [0.2, 0.25) is 0 Å². The van der Waals surface area contributed by atoms with Gasteiger partial charge in [0.05, 0.1) is 6.04 Å². The normalized spacial score (nSPS) is 13.5. The van der Waals surface area contributed by atoms with E-state index in [1.54, 1.807) is 13.8 Å². The van der Waals surface area contributed by atoms with Crippen molar-refractivity contribution in [3.05, 3.63) is 0 Å². The molecule has 0 saturated carbocycles. The molecule has 0 saturated heterocycles. The Hall–Kier alpha value is -2.20. The van der Waals surface area contributed by atoms with Gasteiger partial charge < -0.3 is 51.1 Å². The van der Waals surface area contributed by atoms with E-state index in [1.807, 2.05) is 21.0 Å². The molecule has 0 radical (unpaired) electrons. The smallest absolute Gasteiger partial charge is 0.237 e. The topological polar surface area (TPSA) is 150 Å². The number of ketones is 1. The number of carbonyl (C=O) groups excluding carboxylic acids is 4. The summed E-state index contributed by atoms with van der Waals surface area (Å²) in [6, 6.07) is -0.992. The van der Waals surface area contributed by atoms with E-state index in [4.69, 9.17) is 5.73 Å². The lowest BCUT2D eigenvalue weighted by atomic mass is 9.76. The van der Waals surface area contributed by atoms with Crippen molar-refractivity contribution in [1.29, 1.82) is 0 Å². The summed E-state index contributed by atoms with van der Waals surface area (Å²) < 4.78 is 0. The molecule has 294 valence electrons. The quantitative estimate of drug-likeness (QED) is 0.0728. The number of likely N-dealkylation sites (N-methyl/N-ethyl adjacent to an activating group) is 6. The second-order valence-electron chi connectivity index (χ2n) is 15.3. The molecule has 0 fully saturated rings. The van der Waals surface area contributed by atoms with Crippen LogP contribution in [0.4, 0.5) is 0 Å². The molecule has 5 N–H and O–H groups in total. The number of Topliss-reactive ketones (excluding diaryl/α,β-unsaturated/α-hetero) is 1. The first kappa shape index (κ1) is 47.8. The molecule has 2 atom stereocenters. The highest BCUT2D eigenvalue weighted by atomic mass is 16.2. The second kappa shape index (κ2) is 26.6. The van der Waals surface area contributed by atoms with Crippen LogP contribution in [-0.2, 0) is 19.2 Å². The minimum Gasteiger partial charge on any atom is -0.356 e. The zero-order chi connectivity index (χ0) is 38.3. The maximum atomic E-state index is 13.4. The van der Waals surface area contributed by atoms with E-state index < -0.39 is 17.4 Å². The van der Waals surface area contributed by atoms with Gasteiger partial charge in [-0.15, -0.1) is 0 Å². The Balaban J connectivity index is 4.94. The van der Waals surface area contributed by atoms with Crippen molar-refractivity contribution < 1.29 is 19.2 Å². The van der Waals surface area contributed by atoms with Gasteiger partial charge in [-0.1, -0.05) is 27.2 Å². The number of carbonyl (C=O) groups is 4. The number of hydrogen-bond acceptors (Lipinski definition) is 11. The molecule has 14 heteroatoms. The molecule has 0 aliphatic rings. The summed E-state index contributed by atoms with van der Waals surface area (Å²) in [4.78, 5) is 65.6. The zero-order valence-corrected chi connectivity index (χ0v) is 33.8. The lowest BCUT2D eigenvalue weighted by Gasteiger charge is -2.29. The van der Waals surface area contributed by atoms with E-state index in [9.17, 15) is 19.2 Å². The standard InChI is InChI=1S/C36H76N10O4/c1-12-13-14-39-34(49)30(27-33(48)38-15-17-43(8)23-25-45(10)21-19-41(4)5)29-36(2,3)32(47)28-31(37)35(50)40-16-18-44(9)24-26-46(11)22-20-42(6)7/h30-31H,12-29,37H2,1-11H3,(H,38,48)(H,39,49)(H,40,50). The largest absolute Gasteiger partial charge is 0.356 e. The number of rotatable bonds is 30. The van der Waals surface area contributed by atoms with E-state index in [0.717, 1.165) is 65.2 Å². The lowest BCUT2D eigenvalue weighted by Crippen LogP contribution is -2.46. The Morgan fingerprint density at radius 3 is 1.46 bits per heavy atom. The fourth-order valence-electron chi connectivity index (χ4n) is 5.14. The molecule has 3 amide bonds. The van der Waals surface area contributed by atoms with Gasteiger partial charge in [0, 0.05) is 109 Å². The average molecular weight is 713 g/mol. The van der Waals surface area contributed by atoms with Crippen LogP contribution in [-0.4, -0.2) is 200 Å². The fraction of sp³-hybridized carbons (Fsp3) is 0.889.